The Kier molecular flexibility index (Phi) is 3.64. The highest BCUT2D eigenvalue weighted by molar-refractivity contribution is 7.16. The van der Waals surface area contributed by atoms with E-state index in [9.17, 15) is 9.90 Å². The number of para-hydroxylation sites is 1. The average Bonchev–Trinajstić information content (AvgIpc) is 2.92. The van der Waals surface area contributed by atoms with Crippen LogP contribution in [-0.4, -0.2) is 18.1 Å². The molecule has 2 heterocycles. The van der Waals surface area contributed by atoms with Crippen molar-refractivity contribution < 1.29 is 14.6 Å². The number of fused-ring (bicyclic) bond motifs is 3. The minimum absolute atomic E-state index is 0.0520. The number of carbonyl (C=O) groups excluding carboxylic acids is 1. The molecule has 3 N–H and O–H groups in total. The summed E-state index contributed by atoms with van der Waals surface area (Å²) >= 11 is 1.67. The second kappa shape index (κ2) is 5.70. The molecular formula is C18H20N2O3S. The van der Waals surface area contributed by atoms with Gasteiger partial charge in [-0.15, -0.1) is 11.3 Å². The molecule has 0 radical (unpaired) electrons. The summed E-state index contributed by atoms with van der Waals surface area (Å²) in [5.74, 6) is 1.05. The smallest absolute Gasteiger partial charge is 0.256 e. The number of hydrogen-bond acceptors (Lipinski definition) is 5. The first-order valence-corrected chi connectivity index (χ1v) is 8.98. The SMILES string of the molecule is COc1cccc([C@H]2NC(=O)c3c(sc4c3CC[C@@H](C)C4)N2)c1O. The van der Waals surface area contributed by atoms with E-state index in [1.165, 1.54) is 17.6 Å². The molecule has 5 nitrogen and oxygen atoms in total. The second-order valence-corrected chi connectivity index (χ2v) is 7.61. The van der Waals surface area contributed by atoms with E-state index in [1.807, 2.05) is 0 Å². The van der Waals surface area contributed by atoms with Gasteiger partial charge in [0.25, 0.3) is 5.91 Å². The van der Waals surface area contributed by atoms with Crippen LogP contribution in [0.15, 0.2) is 18.2 Å². The average molecular weight is 344 g/mol. The normalized spacial score (nSPS) is 22.2. The fourth-order valence-corrected chi connectivity index (χ4v) is 4.99. The van der Waals surface area contributed by atoms with Gasteiger partial charge in [-0.05, 0) is 36.8 Å². The monoisotopic (exact) mass is 344 g/mol. The molecule has 1 aromatic carbocycles. The number of phenols is 1. The zero-order valence-corrected chi connectivity index (χ0v) is 14.5. The largest absolute Gasteiger partial charge is 0.504 e. The predicted molar refractivity (Wildman–Crippen MR) is 94.0 cm³/mol. The van der Waals surface area contributed by atoms with Gasteiger partial charge in [-0.25, -0.2) is 0 Å². The summed E-state index contributed by atoms with van der Waals surface area (Å²) in [5, 5.41) is 17.6. The molecule has 2 aliphatic rings. The van der Waals surface area contributed by atoms with Crippen molar-refractivity contribution in [1.29, 1.82) is 0 Å². The summed E-state index contributed by atoms with van der Waals surface area (Å²) in [6.45, 7) is 2.26. The van der Waals surface area contributed by atoms with Gasteiger partial charge in [0.15, 0.2) is 11.5 Å². The highest BCUT2D eigenvalue weighted by Gasteiger charge is 2.34. The van der Waals surface area contributed by atoms with E-state index in [-0.39, 0.29) is 11.7 Å². The fourth-order valence-electron chi connectivity index (χ4n) is 3.56. The topological polar surface area (TPSA) is 70.6 Å². The Morgan fingerprint density at radius 3 is 2.96 bits per heavy atom. The minimum Gasteiger partial charge on any atom is -0.504 e. The maximum absolute atomic E-state index is 12.7. The van der Waals surface area contributed by atoms with E-state index in [0.29, 0.717) is 17.2 Å². The lowest BCUT2D eigenvalue weighted by atomic mass is 9.88. The Hall–Kier alpha value is -2.21. The molecule has 2 atom stereocenters. The lowest BCUT2D eigenvalue weighted by Gasteiger charge is -2.27. The van der Waals surface area contributed by atoms with E-state index in [2.05, 4.69) is 17.6 Å². The molecule has 0 spiro atoms. The van der Waals surface area contributed by atoms with Gasteiger partial charge in [0.1, 0.15) is 11.2 Å². The van der Waals surface area contributed by atoms with Crippen LogP contribution in [0, 0.1) is 5.92 Å². The number of anilines is 1. The van der Waals surface area contributed by atoms with Gasteiger partial charge in [0.05, 0.1) is 12.7 Å². The zero-order chi connectivity index (χ0) is 16.8. The second-order valence-electron chi connectivity index (χ2n) is 6.50. The molecule has 0 saturated heterocycles. The third-order valence-corrected chi connectivity index (χ3v) is 6.04. The maximum Gasteiger partial charge on any atom is 0.256 e. The summed E-state index contributed by atoms with van der Waals surface area (Å²) in [7, 11) is 1.51. The van der Waals surface area contributed by atoms with Crippen LogP contribution in [0.2, 0.25) is 0 Å². The van der Waals surface area contributed by atoms with Crippen LogP contribution in [-0.2, 0) is 12.8 Å². The molecule has 0 saturated carbocycles. The Balaban J connectivity index is 1.71. The standard InChI is InChI=1S/C18H20N2O3S/c1-9-6-7-10-13(8-9)24-18-14(10)17(22)19-16(20-18)11-4-3-5-12(23-2)15(11)21/h3-5,9,16,20-21H,6-8H2,1-2H3,(H,19,22)/t9-,16+/m1/s1. The number of aromatic hydroxyl groups is 1. The lowest BCUT2D eigenvalue weighted by Crippen LogP contribution is -2.38. The van der Waals surface area contributed by atoms with Crippen LogP contribution >= 0.6 is 11.3 Å². The van der Waals surface area contributed by atoms with E-state index >= 15 is 0 Å². The Morgan fingerprint density at radius 2 is 2.17 bits per heavy atom. The number of hydrogen-bond donors (Lipinski definition) is 3. The molecule has 6 heteroatoms. The number of ether oxygens (including phenoxy) is 1. The first kappa shape index (κ1) is 15.3. The first-order chi connectivity index (χ1) is 11.6. The van der Waals surface area contributed by atoms with E-state index < -0.39 is 6.17 Å². The molecule has 126 valence electrons. The summed E-state index contributed by atoms with van der Waals surface area (Å²) in [5.41, 5.74) is 2.60. The Labute approximate surface area is 144 Å². The number of benzene rings is 1. The van der Waals surface area contributed by atoms with E-state index in [1.54, 1.807) is 29.5 Å². The fraction of sp³-hybridized carbons (Fsp3) is 0.389. The van der Waals surface area contributed by atoms with E-state index in [0.717, 1.165) is 29.8 Å². The quantitative estimate of drug-likeness (QED) is 0.780. The highest BCUT2D eigenvalue weighted by atomic mass is 32.1. The van der Waals surface area contributed by atoms with Crippen LogP contribution in [0.3, 0.4) is 0 Å². The van der Waals surface area contributed by atoms with Crippen molar-refractivity contribution in [3.63, 3.8) is 0 Å². The number of carbonyl (C=O) groups is 1. The Bertz CT molecular complexity index is 815. The van der Waals surface area contributed by atoms with Crippen molar-refractivity contribution >= 4 is 22.2 Å². The van der Waals surface area contributed by atoms with Crippen LogP contribution in [0.5, 0.6) is 11.5 Å². The molecule has 1 aliphatic carbocycles. The number of nitrogens with one attached hydrogen (secondary N) is 2. The first-order valence-electron chi connectivity index (χ1n) is 8.16. The molecule has 0 unspecified atom stereocenters. The number of methoxy groups -OCH3 is 1. The van der Waals surface area contributed by atoms with Crippen molar-refractivity contribution in [2.24, 2.45) is 5.92 Å². The third-order valence-electron chi connectivity index (χ3n) is 4.85. The van der Waals surface area contributed by atoms with Crippen LogP contribution in [0.1, 0.15) is 45.9 Å². The summed E-state index contributed by atoms with van der Waals surface area (Å²) in [6, 6.07) is 5.29. The van der Waals surface area contributed by atoms with Gasteiger partial charge < -0.3 is 20.5 Å². The van der Waals surface area contributed by atoms with Crippen molar-refractivity contribution in [2.45, 2.75) is 32.4 Å². The molecule has 1 aromatic heterocycles. The van der Waals surface area contributed by atoms with Crippen molar-refractivity contribution in [3.8, 4) is 11.5 Å². The minimum atomic E-state index is -0.461. The Morgan fingerprint density at radius 1 is 1.33 bits per heavy atom. The molecular weight excluding hydrogens is 324 g/mol. The molecule has 4 rings (SSSR count). The van der Waals surface area contributed by atoms with Gasteiger partial charge in [-0.1, -0.05) is 19.1 Å². The molecule has 0 bridgehead atoms. The zero-order valence-electron chi connectivity index (χ0n) is 13.7. The number of phenolic OH excluding ortho intramolecular Hbond substituents is 1. The van der Waals surface area contributed by atoms with Gasteiger partial charge in [0, 0.05) is 10.4 Å². The number of thiophene rings is 1. The van der Waals surface area contributed by atoms with Gasteiger partial charge >= 0.3 is 0 Å². The molecule has 24 heavy (non-hydrogen) atoms. The van der Waals surface area contributed by atoms with Crippen molar-refractivity contribution in [3.05, 3.63) is 39.8 Å². The molecule has 0 fully saturated rings. The van der Waals surface area contributed by atoms with Crippen molar-refractivity contribution in [1.82, 2.24) is 5.32 Å². The summed E-state index contributed by atoms with van der Waals surface area (Å²) in [6.07, 6.45) is 2.67. The summed E-state index contributed by atoms with van der Waals surface area (Å²) < 4.78 is 5.16. The summed E-state index contributed by atoms with van der Waals surface area (Å²) in [4.78, 5) is 14.0. The number of amides is 1. The lowest BCUT2D eigenvalue weighted by molar-refractivity contribution is 0.0934. The van der Waals surface area contributed by atoms with Crippen LogP contribution in [0.25, 0.3) is 0 Å². The highest BCUT2D eigenvalue weighted by Crippen LogP contribution is 2.44. The number of rotatable bonds is 2. The van der Waals surface area contributed by atoms with Crippen LogP contribution < -0.4 is 15.4 Å². The third kappa shape index (κ3) is 2.33. The van der Waals surface area contributed by atoms with Gasteiger partial charge in [-0.3, -0.25) is 4.79 Å². The molecule has 2 aromatic rings. The molecule has 1 amide bonds. The molecule has 1 aliphatic heterocycles. The van der Waals surface area contributed by atoms with E-state index in [4.69, 9.17) is 4.74 Å². The van der Waals surface area contributed by atoms with Crippen molar-refractivity contribution in [2.75, 3.05) is 12.4 Å². The van der Waals surface area contributed by atoms with Gasteiger partial charge in [0.2, 0.25) is 0 Å². The predicted octanol–water partition coefficient (Wildman–Crippen LogP) is 3.44. The van der Waals surface area contributed by atoms with Gasteiger partial charge in [-0.2, -0.15) is 0 Å². The van der Waals surface area contributed by atoms with Crippen LogP contribution in [0.4, 0.5) is 5.00 Å². The maximum atomic E-state index is 12.7.